The summed E-state index contributed by atoms with van der Waals surface area (Å²) >= 11 is 0. The smallest absolute Gasteiger partial charge is 0.323 e. The number of nitrogens with zero attached hydrogens (tertiary/aromatic N) is 3. The monoisotopic (exact) mass is 245 g/mol. The number of urea groups is 1. The van der Waals surface area contributed by atoms with Crippen molar-refractivity contribution in [1.29, 1.82) is 0 Å². The fourth-order valence-electron chi connectivity index (χ4n) is 1.28. The average molecular weight is 245 g/mol. The number of carboxylic acids is 1. The van der Waals surface area contributed by atoms with Crippen LogP contribution in [0.3, 0.4) is 0 Å². The topological polar surface area (TPSA) is 64.1 Å². The molecule has 0 fully saturated rings. The van der Waals surface area contributed by atoms with Gasteiger partial charge in [0.15, 0.2) is 0 Å². The van der Waals surface area contributed by atoms with Crippen LogP contribution in [0.2, 0.25) is 0 Å². The SMILES string of the molecule is CC(C)N(CC(=O)O)C(=O)N(C)CCN(C)C. The molecule has 0 bridgehead atoms. The van der Waals surface area contributed by atoms with E-state index in [0.29, 0.717) is 6.54 Å². The van der Waals surface area contributed by atoms with E-state index in [1.165, 1.54) is 4.90 Å². The molecule has 100 valence electrons. The van der Waals surface area contributed by atoms with E-state index in [1.807, 2.05) is 19.0 Å². The van der Waals surface area contributed by atoms with Crippen molar-refractivity contribution >= 4 is 12.0 Å². The van der Waals surface area contributed by atoms with Crippen LogP contribution in [-0.4, -0.2) is 78.6 Å². The molecule has 0 heterocycles. The van der Waals surface area contributed by atoms with E-state index in [2.05, 4.69) is 0 Å². The van der Waals surface area contributed by atoms with E-state index in [9.17, 15) is 9.59 Å². The molecule has 0 aliphatic carbocycles. The molecule has 0 aromatic heterocycles. The van der Waals surface area contributed by atoms with Crippen molar-refractivity contribution in [3.8, 4) is 0 Å². The van der Waals surface area contributed by atoms with Gasteiger partial charge in [-0.25, -0.2) is 4.79 Å². The molecule has 6 nitrogen and oxygen atoms in total. The Balaban J connectivity index is 4.44. The van der Waals surface area contributed by atoms with Crippen molar-refractivity contribution in [3.63, 3.8) is 0 Å². The molecule has 0 saturated carbocycles. The van der Waals surface area contributed by atoms with Crippen molar-refractivity contribution in [2.75, 3.05) is 40.8 Å². The number of rotatable bonds is 6. The zero-order valence-electron chi connectivity index (χ0n) is 11.3. The molecule has 0 saturated heterocycles. The van der Waals surface area contributed by atoms with Crippen LogP contribution < -0.4 is 0 Å². The zero-order valence-corrected chi connectivity index (χ0v) is 11.3. The lowest BCUT2D eigenvalue weighted by Gasteiger charge is -2.30. The van der Waals surface area contributed by atoms with Crippen molar-refractivity contribution in [3.05, 3.63) is 0 Å². The van der Waals surface area contributed by atoms with Gasteiger partial charge in [-0.05, 0) is 27.9 Å². The van der Waals surface area contributed by atoms with Crippen LogP contribution in [0.15, 0.2) is 0 Å². The predicted octanol–water partition coefficient (Wildman–Crippen LogP) is 0.395. The minimum Gasteiger partial charge on any atom is -0.480 e. The molecule has 17 heavy (non-hydrogen) atoms. The summed E-state index contributed by atoms with van der Waals surface area (Å²) < 4.78 is 0. The Hall–Kier alpha value is -1.30. The van der Waals surface area contributed by atoms with Crippen molar-refractivity contribution in [2.45, 2.75) is 19.9 Å². The van der Waals surface area contributed by atoms with Gasteiger partial charge >= 0.3 is 12.0 Å². The van der Waals surface area contributed by atoms with E-state index >= 15 is 0 Å². The quantitative estimate of drug-likeness (QED) is 0.735. The van der Waals surface area contributed by atoms with Gasteiger partial charge in [0.1, 0.15) is 6.54 Å². The minimum atomic E-state index is -0.993. The summed E-state index contributed by atoms with van der Waals surface area (Å²) in [4.78, 5) is 27.6. The standard InChI is InChI=1S/C11H23N3O3/c1-9(2)14(8-10(15)16)11(17)13(5)7-6-12(3)4/h9H,6-8H2,1-5H3,(H,15,16). The number of carbonyl (C=O) groups is 2. The van der Waals surface area contributed by atoms with Crippen LogP contribution >= 0.6 is 0 Å². The van der Waals surface area contributed by atoms with Gasteiger partial charge in [0.2, 0.25) is 0 Å². The van der Waals surface area contributed by atoms with Gasteiger partial charge in [0, 0.05) is 26.2 Å². The minimum absolute atomic E-state index is 0.125. The third-order valence-electron chi connectivity index (χ3n) is 2.38. The summed E-state index contributed by atoms with van der Waals surface area (Å²) in [5, 5.41) is 8.76. The molecule has 0 unspecified atom stereocenters. The van der Waals surface area contributed by atoms with E-state index in [4.69, 9.17) is 5.11 Å². The number of carbonyl (C=O) groups excluding carboxylic acids is 1. The first-order valence-corrected chi connectivity index (χ1v) is 5.64. The van der Waals surface area contributed by atoms with Gasteiger partial charge in [-0.15, -0.1) is 0 Å². The van der Waals surface area contributed by atoms with Crippen LogP contribution in [0.4, 0.5) is 4.79 Å². The average Bonchev–Trinajstić information content (AvgIpc) is 2.20. The molecule has 0 aliphatic rings. The Labute approximate surface area is 103 Å². The van der Waals surface area contributed by atoms with Gasteiger partial charge < -0.3 is 19.8 Å². The Bertz CT molecular complexity index is 267. The highest BCUT2D eigenvalue weighted by Crippen LogP contribution is 2.03. The van der Waals surface area contributed by atoms with Gasteiger partial charge in [0.05, 0.1) is 0 Å². The molecule has 0 aliphatic heterocycles. The molecule has 0 radical (unpaired) electrons. The molecule has 0 spiro atoms. The van der Waals surface area contributed by atoms with Gasteiger partial charge in [-0.1, -0.05) is 0 Å². The molecular weight excluding hydrogens is 222 g/mol. The summed E-state index contributed by atoms with van der Waals surface area (Å²) in [6.45, 7) is 4.68. The highest BCUT2D eigenvalue weighted by atomic mass is 16.4. The lowest BCUT2D eigenvalue weighted by atomic mass is 10.3. The molecule has 0 aromatic carbocycles. The van der Waals surface area contributed by atoms with Gasteiger partial charge in [-0.3, -0.25) is 4.79 Å². The van der Waals surface area contributed by atoms with E-state index in [0.717, 1.165) is 6.54 Å². The number of amides is 2. The number of likely N-dealkylation sites (N-methyl/N-ethyl adjacent to an activating group) is 2. The predicted molar refractivity (Wildman–Crippen MR) is 66.1 cm³/mol. The van der Waals surface area contributed by atoms with Gasteiger partial charge in [0.25, 0.3) is 0 Å². The number of hydrogen-bond donors (Lipinski definition) is 1. The van der Waals surface area contributed by atoms with Crippen molar-refractivity contribution < 1.29 is 14.7 Å². The highest BCUT2D eigenvalue weighted by molar-refractivity contribution is 5.80. The van der Waals surface area contributed by atoms with Crippen LogP contribution in [-0.2, 0) is 4.79 Å². The summed E-state index contributed by atoms with van der Waals surface area (Å²) in [6.07, 6.45) is 0. The summed E-state index contributed by atoms with van der Waals surface area (Å²) in [5.74, 6) is -0.993. The third kappa shape index (κ3) is 6.11. The normalized spacial score (nSPS) is 10.8. The maximum atomic E-state index is 12.0. The van der Waals surface area contributed by atoms with Gasteiger partial charge in [-0.2, -0.15) is 0 Å². The molecular formula is C11H23N3O3. The number of hydrogen-bond acceptors (Lipinski definition) is 3. The lowest BCUT2D eigenvalue weighted by Crippen LogP contribution is -2.48. The van der Waals surface area contributed by atoms with E-state index in [1.54, 1.807) is 25.8 Å². The summed E-state index contributed by atoms with van der Waals surface area (Å²) in [5.41, 5.74) is 0. The Kier molecular flexibility index (Phi) is 6.57. The summed E-state index contributed by atoms with van der Waals surface area (Å²) in [7, 11) is 5.54. The second kappa shape index (κ2) is 7.11. The van der Waals surface area contributed by atoms with Crippen LogP contribution in [0.25, 0.3) is 0 Å². The molecule has 1 N–H and O–H groups in total. The van der Waals surface area contributed by atoms with Crippen molar-refractivity contribution in [1.82, 2.24) is 14.7 Å². The van der Waals surface area contributed by atoms with Crippen molar-refractivity contribution in [2.24, 2.45) is 0 Å². The third-order valence-corrected chi connectivity index (χ3v) is 2.38. The largest absolute Gasteiger partial charge is 0.480 e. The maximum absolute atomic E-state index is 12.0. The molecule has 0 atom stereocenters. The fourth-order valence-corrected chi connectivity index (χ4v) is 1.28. The lowest BCUT2D eigenvalue weighted by molar-refractivity contribution is -0.138. The second-order valence-corrected chi connectivity index (χ2v) is 4.62. The van der Waals surface area contributed by atoms with E-state index in [-0.39, 0.29) is 18.6 Å². The van der Waals surface area contributed by atoms with Crippen LogP contribution in [0.5, 0.6) is 0 Å². The number of carboxylic acid groups (broad SMARTS) is 1. The maximum Gasteiger partial charge on any atom is 0.323 e. The molecule has 0 rings (SSSR count). The molecule has 6 heteroatoms. The van der Waals surface area contributed by atoms with Crippen LogP contribution in [0, 0.1) is 0 Å². The molecule has 0 aromatic rings. The second-order valence-electron chi connectivity index (χ2n) is 4.62. The first-order chi connectivity index (χ1) is 7.75. The Morgan fingerprint density at radius 2 is 1.65 bits per heavy atom. The Morgan fingerprint density at radius 1 is 1.12 bits per heavy atom. The summed E-state index contributed by atoms with van der Waals surface area (Å²) in [6, 6.07) is -0.371. The first-order valence-electron chi connectivity index (χ1n) is 5.64. The highest BCUT2D eigenvalue weighted by Gasteiger charge is 2.22. The molecule has 2 amide bonds. The Morgan fingerprint density at radius 3 is 2.00 bits per heavy atom. The first kappa shape index (κ1) is 15.7. The zero-order chi connectivity index (χ0) is 13.6. The number of aliphatic carboxylic acids is 1. The van der Waals surface area contributed by atoms with E-state index < -0.39 is 5.97 Å². The van der Waals surface area contributed by atoms with Crippen LogP contribution in [0.1, 0.15) is 13.8 Å². The fraction of sp³-hybridized carbons (Fsp3) is 0.818.